The van der Waals surface area contributed by atoms with Gasteiger partial charge in [0.15, 0.2) is 0 Å². The van der Waals surface area contributed by atoms with Crippen LogP contribution in [-0.2, 0) is 19.6 Å². The van der Waals surface area contributed by atoms with Gasteiger partial charge in [-0.25, -0.2) is 18.7 Å². The maximum Gasteiger partial charge on any atom is 0.407 e. The second kappa shape index (κ2) is 14.7. The molecule has 2 aromatic rings. The molecule has 0 radical (unpaired) electrons. The fourth-order valence-electron chi connectivity index (χ4n) is 3.17. The van der Waals surface area contributed by atoms with Crippen LogP contribution in [0.15, 0.2) is 53.4 Å². The number of alkyl carbamates (subject to hydrolysis) is 1. The third kappa shape index (κ3) is 8.68. The highest BCUT2D eigenvalue weighted by Gasteiger charge is 2.34. The topological polar surface area (TPSA) is 144 Å². The van der Waals surface area contributed by atoms with Gasteiger partial charge >= 0.3 is 6.09 Å². The Morgan fingerprint density at radius 1 is 1.05 bits per heavy atom. The van der Waals surface area contributed by atoms with Gasteiger partial charge in [-0.15, -0.1) is 5.92 Å². The molecule has 0 saturated carbocycles. The van der Waals surface area contributed by atoms with Crippen molar-refractivity contribution in [3.63, 3.8) is 0 Å². The van der Waals surface area contributed by atoms with E-state index in [-0.39, 0.29) is 18.1 Å². The van der Waals surface area contributed by atoms with Crippen molar-refractivity contribution in [1.82, 2.24) is 15.1 Å². The van der Waals surface area contributed by atoms with E-state index >= 15 is 0 Å². The number of hydroxylamine groups is 1. The van der Waals surface area contributed by atoms with Gasteiger partial charge in [-0.3, -0.25) is 10.0 Å². The quantitative estimate of drug-likeness (QED) is 0.154. The standard InChI is InChI=1S/C25H31N3O8S/c1-4-6-17-35-21-12-14-22(15-13-21)37(32,33)28(3)23(24(29)27-31)19-8-10-20(11-9-19)36-18-7-16-26-25(30)34-5-2/h8-15,23,31H,5,7,16-18H2,1-3H3,(H,26,30)(H,27,29). The molecular formula is C25H31N3O8S. The molecule has 11 nitrogen and oxygen atoms in total. The zero-order chi connectivity index (χ0) is 27.3. The molecule has 37 heavy (non-hydrogen) atoms. The van der Waals surface area contributed by atoms with E-state index in [1.807, 2.05) is 0 Å². The number of nitrogens with zero attached hydrogens (tertiary/aromatic N) is 1. The number of hydrogen-bond donors (Lipinski definition) is 3. The Kier molecular flexibility index (Phi) is 11.7. The van der Waals surface area contributed by atoms with E-state index in [2.05, 4.69) is 17.2 Å². The van der Waals surface area contributed by atoms with E-state index < -0.39 is 28.1 Å². The van der Waals surface area contributed by atoms with Crippen LogP contribution in [-0.4, -0.2) is 63.3 Å². The number of hydrogen-bond acceptors (Lipinski definition) is 8. The molecule has 0 fully saturated rings. The van der Waals surface area contributed by atoms with Gasteiger partial charge < -0.3 is 19.5 Å². The minimum absolute atomic E-state index is 0.0592. The predicted molar refractivity (Wildman–Crippen MR) is 135 cm³/mol. The molecule has 0 heterocycles. The SMILES string of the molecule is CC#CCOc1ccc(S(=O)(=O)N(C)C(C(=O)NO)c2ccc(OCCCNC(=O)OCC)cc2)cc1. The summed E-state index contributed by atoms with van der Waals surface area (Å²) in [6.45, 7) is 4.54. The monoisotopic (exact) mass is 533 g/mol. The van der Waals surface area contributed by atoms with Crippen LogP contribution in [0.1, 0.15) is 31.9 Å². The van der Waals surface area contributed by atoms with Crippen molar-refractivity contribution in [2.45, 2.75) is 31.2 Å². The van der Waals surface area contributed by atoms with Crippen molar-refractivity contribution >= 4 is 22.0 Å². The van der Waals surface area contributed by atoms with Crippen molar-refractivity contribution < 1.29 is 37.4 Å². The summed E-state index contributed by atoms with van der Waals surface area (Å²) in [5, 5.41) is 11.9. The van der Waals surface area contributed by atoms with E-state index in [9.17, 15) is 23.2 Å². The van der Waals surface area contributed by atoms with Crippen molar-refractivity contribution in [1.29, 1.82) is 0 Å². The van der Waals surface area contributed by atoms with Crippen LogP contribution in [0.5, 0.6) is 11.5 Å². The Balaban J connectivity index is 2.09. The normalized spacial score (nSPS) is 11.6. The van der Waals surface area contributed by atoms with Crippen molar-refractivity contribution in [3.8, 4) is 23.3 Å². The van der Waals surface area contributed by atoms with Gasteiger partial charge in [-0.2, -0.15) is 4.31 Å². The summed E-state index contributed by atoms with van der Waals surface area (Å²) in [5.41, 5.74) is 1.85. The number of sulfonamides is 1. The summed E-state index contributed by atoms with van der Waals surface area (Å²) >= 11 is 0. The molecular weight excluding hydrogens is 502 g/mol. The van der Waals surface area contributed by atoms with Crippen LogP contribution in [0.2, 0.25) is 0 Å². The summed E-state index contributed by atoms with van der Waals surface area (Å²) in [6, 6.07) is 10.6. The molecule has 0 aliphatic rings. The molecule has 0 bridgehead atoms. The summed E-state index contributed by atoms with van der Waals surface area (Å²) in [6.07, 6.45) is 0.0395. The Bertz CT molecular complexity index is 1190. The lowest BCUT2D eigenvalue weighted by atomic mass is 10.1. The van der Waals surface area contributed by atoms with E-state index in [0.717, 1.165) is 4.31 Å². The zero-order valence-corrected chi connectivity index (χ0v) is 21.7. The zero-order valence-electron chi connectivity index (χ0n) is 20.9. The van der Waals surface area contributed by atoms with Crippen LogP contribution in [0.3, 0.4) is 0 Å². The molecule has 200 valence electrons. The number of ether oxygens (including phenoxy) is 3. The predicted octanol–water partition coefficient (Wildman–Crippen LogP) is 2.47. The fraction of sp³-hybridized carbons (Fsp3) is 0.360. The second-order valence-electron chi connectivity index (χ2n) is 7.50. The largest absolute Gasteiger partial charge is 0.494 e. The van der Waals surface area contributed by atoms with Gasteiger partial charge in [-0.1, -0.05) is 18.1 Å². The minimum Gasteiger partial charge on any atom is -0.494 e. The first kappa shape index (κ1) is 29.4. The average Bonchev–Trinajstić information content (AvgIpc) is 2.90. The molecule has 0 saturated heterocycles. The van der Waals surface area contributed by atoms with E-state index in [1.165, 1.54) is 48.9 Å². The summed E-state index contributed by atoms with van der Waals surface area (Å²) in [4.78, 5) is 23.7. The van der Waals surface area contributed by atoms with Gasteiger partial charge in [0.1, 0.15) is 24.1 Å². The number of benzene rings is 2. The maximum atomic E-state index is 13.2. The highest BCUT2D eigenvalue weighted by Crippen LogP contribution is 2.28. The molecule has 1 atom stereocenters. The molecule has 0 aliphatic carbocycles. The lowest BCUT2D eigenvalue weighted by Gasteiger charge is -2.26. The Morgan fingerprint density at radius 3 is 2.27 bits per heavy atom. The highest BCUT2D eigenvalue weighted by molar-refractivity contribution is 7.89. The molecule has 2 rings (SSSR count). The van der Waals surface area contributed by atoms with Gasteiger partial charge in [0.2, 0.25) is 10.0 Å². The number of amides is 2. The third-order valence-corrected chi connectivity index (χ3v) is 6.88. The van der Waals surface area contributed by atoms with Crippen LogP contribution in [0.4, 0.5) is 4.79 Å². The number of rotatable bonds is 13. The molecule has 0 spiro atoms. The Morgan fingerprint density at radius 2 is 1.68 bits per heavy atom. The number of carbonyl (C=O) groups is 2. The molecule has 0 aliphatic heterocycles. The van der Waals surface area contributed by atoms with Gasteiger partial charge in [0.05, 0.1) is 18.1 Å². The van der Waals surface area contributed by atoms with Crippen molar-refractivity contribution in [3.05, 3.63) is 54.1 Å². The van der Waals surface area contributed by atoms with Gasteiger partial charge in [0, 0.05) is 13.6 Å². The van der Waals surface area contributed by atoms with E-state index in [4.69, 9.17) is 14.2 Å². The van der Waals surface area contributed by atoms with Crippen LogP contribution < -0.4 is 20.3 Å². The maximum absolute atomic E-state index is 13.2. The van der Waals surface area contributed by atoms with Crippen LogP contribution >= 0.6 is 0 Å². The number of nitrogens with one attached hydrogen (secondary N) is 2. The molecule has 1 unspecified atom stereocenters. The van der Waals surface area contributed by atoms with Gasteiger partial charge in [-0.05, 0) is 62.2 Å². The van der Waals surface area contributed by atoms with E-state index in [0.29, 0.717) is 36.6 Å². The third-order valence-electron chi connectivity index (χ3n) is 5.04. The lowest BCUT2D eigenvalue weighted by Crippen LogP contribution is -2.40. The molecule has 3 N–H and O–H groups in total. The first-order valence-electron chi connectivity index (χ1n) is 11.4. The number of likely N-dealkylation sites (N-methyl/N-ethyl adjacent to an activating group) is 1. The molecule has 0 aromatic heterocycles. The lowest BCUT2D eigenvalue weighted by molar-refractivity contribution is -0.133. The highest BCUT2D eigenvalue weighted by atomic mass is 32.2. The summed E-state index contributed by atoms with van der Waals surface area (Å²) in [7, 11) is -2.88. The van der Waals surface area contributed by atoms with Crippen molar-refractivity contribution in [2.75, 3.05) is 33.4 Å². The van der Waals surface area contributed by atoms with Crippen LogP contribution in [0, 0.1) is 11.8 Å². The Labute approximate surface area is 216 Å². The molecule has 2 amide bonds. The fourth-order valence-corrected chi connectivity index (χ4v) is 4.48. The first-order chi connectivity index (χ1) is 17.7. The van der Waals surface area contributed by atoms with Gasteiger partial charge in [0.25, 0.3) is 5.91 Å². The van der Waals surface area contributed by atoms with E-state index in [1.54, 1.807) is 26.0 Å². The smallest absolute Gasteiger partial charge is 0.407 e. The summed E-state index contributed by atoms with van der Waals surface area (Å²) < 4.78 is 43.1. The average molecular weight is 534 g/mol. The first-order valence-corrected chi connectivity index (χ1v) is 12.9. The molecule has 2 aromatic carbocycles. The minimum atomic E-state index is -4.12. The van der Waals surface area contributed by atoms with Crippen molar-refractivity contribution in [2.24, 2.45) is 0 Å². The Hall–Kier alpha value is -3.79. The number of carbonyl (C=O) groups excluding carboxylic acids is 2. The van der Waals surface area contributed by atoms with Crippen LogP contribution in [0.25, 0.3) is 0 Å². The molecule has 12 heteroatoms. The summed E-state index contributed by atoms with van der Waals surface area (Å²) in [5.74, 6) is 5.44. The second-order valence-corrected chi connectivity index (χ2v) is 9.50.